The van der Waals surface area contributed by atoms with Crippen molar-refractivity contribution in [1.29, 1.82) is 0 Å². The lowest BCUT2D eigenvalue weighted by Crippen LogP contribution is -2.52. The Morgan fingerprint density at radius 2 is 1.95 bits per heavy atom. The van der Waals surface area contributed by atoms with Crippen LogP contribution in [0.4, 0.5) is 0 Å². The maximum absolute atomic E-state index is 11.6. The molecule has 2 aliphatic carbocycles. The molecule has 1 aliphatic heterocycles. The molecule has 0 saturated heterocycles. The van der Waals surface area contributed by atoms with Gasteiger partial charge in [0.1, 0.15) is 17.0 Å². The molecular formula is C19H30O2. The summed E-state index contributed by atoms with van der Waals surface area (Å²) < 4.78 is 6.16. The van der Waals surface area contributed by atoms with Gasteiger partial charge in [-0.3, -0.25) is 0 Å². The average Bonchev–Trinajstić information content (AvgIpc) is 2.92. The molecule has 1 N–H and O–H groups in total. The third-order valence-corrected chi connectivity index (χ3v) is 6.84. The summed E-state index contributed by atoms with van der Waals surface area (Å²) in [7, 11) is 0. The molecular weight excluding hydrogens is 260 g/mol. The second kappa shape index (κ2) is 4.38. The van der Waals surface area contributed by atoms with Crippen molar-refractivity contribution in [1.82, 2.24) is 0 Å². The number of hydrogen-bond acceptors (Lipinski definition) is 2. The fourth-order valence-corrected chi connectivity index (χ4v) is 5.38. The van der Waals surface area contributed by atoms with Crippen LogP contribution >= 0.6 is 0 Å². The maximum Gasteiger partial charge on any atom is 0.127 e. The van der Waals surface area contributed by atoms with Gasteiger partial charge in [-0.15, -0.1) is 0 Å². The largest absolute Gasteiger partial charge is 0.485 e. The van der Waals surface area contributed by atoms with E-state index in [2.05, 4.69) is 33.4 Å². The molecule has 1 heterocycles. The van der Waals surface area contributed by atoms with Gasteiger partial charge in [-0.2, -0.15) is 0 Å². The van der Waals surface area contributed by atoms with E-state index in [1.54, 1.807) is 0 Å². The Morgan fingerprint density at radius 3 is 2.57 bits per heavy atom. The van der Waals surface area contributed by atoms with Gasteiger partial charge in [0.05, 0.1) is 0 Å². The van der Waals surface area contributed by atoms with Crippen LogP contribution in [0.5, 0.6) is 0 Å². The quantitative estimate of drug-likeness (QED) is 0.754. The van der Waals surface area contributed by atoms with Gasteiger partial charge < -0.3 is 9.84 Å². The van der Waals surface area contributed by atoms with Crippen LogP contribution in [-0.4, -0.2) is 16.3 Å². The molecule has 0 spiro atoms. The lowest BCUT2D eigenvalue weighted by Gasteiger charge is -2.52. The number of ether oxygens (including phenoxy) is 1. The first-order valence-electron chi connectivity index (χ1n) is 8.43. The zero-order valence-electron chi connectivity index (χ0n) is 14.0. The summed E-state index contributed by atoms with van der Waals surface area (Å²) in [6.45, 7) is 13.0. The van der Waals surface area contributed by atoms with Crippen LogP contribution in [0.25, 0.3) is 0 Å². The molecule has 2 saturated carbocycles. The molecule has 3 rings (SSSR count). The third kappa shape index (κ3) is 1.94. The van der Waals surface area contributed by atoms with Crippen LogP contribution in [0, 0.1) is 16.7 Å². The van der Waals surface area contributed by atoms with Crippen molar-refractivity contribution in [2.24, 2.45) is 16.7 Å². The van der Waals surface area contributed by atoms with Crippen molar-refractivity contribution in [3.63, 3.8) is 0 Å². The van der Waals surface area contributed by atoms with Gasteiger partial charge in [-0.05, 0) is 56.1 Å². The first-order valence-corrected chi connectivity index (χ1v) is 8.43. The van der Waals surface area contributed by atoms with Crippen molar-refractivity contribution in [2.75, 3.05) is 0 Å². The molecule has 2 fully saturated rings. The highest BCUT2D eigenvalue weighted by molar-refractivity contribution is 5.28. The monoisotopic (exact) mass is 290 g/mol. The number of rotatable bonds is 2. The molecule has 0 aromatic heterocycles. The molecule has 118 valence electrons. The van der Waals surface area contributed by atoms with Crippen molar-refractivity contribution in [2.45, 2.75) is 77.4 Å². The molecule has 0 bridgehead atoms. The van der Waals surface area contributed by atoms with Crippen molar-refractivity contribution < 1.29 is 9.84 Å². The van der Waals surface area contributed by atoms with Gasteiger partial charge in [0, 0.05) is 11.8 Å². The zero-order chi connectivity index (χ0) is 15.5. The van der Waals surface area contributed by atoms with Crippen molar-refractivity contribution in [3.05, 3.63) is 24.5 Å². The van der Waals surface area contributed by atoms with Gasteiger partial charge in [0.2, 0.25) is 0 Å². The molecule has 3 aliphatic rings. The molecule has 21 heavy (non-hydrogen) atoms. The third-order valence-electron chi connectivity index (χ3n) is 6.84. The maximum atomic E-state index is 11.6. The summed E-state index contributed by atoms with van der Waals surface area (Å²) in [6.07, 6.45) is 10.3. The second-order valence-corrected chi connectivity index (χ2v) is 8.60. The molecule has 2 heteroatoms. The van der Waals surface area contributed by atoms with Gasteiger partial charge in [-0.1, -0.05) is 33.8 Å². The van der Waals surface area contributed by atoms with E-state index in [0.29, 0.717) is 11.3 Å². The minimum Gasteiger partial charge on any atom is -0.485 e. The smallest absolute Gasteiger partial charge is 0.127 e. The van der Waals surface area contributed by atoms with Gasteiger partial charge in [0.15, 0.2) is 0 Å². The molecule has 4 atom stereocenters. The minimum absolute atomic E-state index is 0.0625. The van der Waals surface area contributed by atoms with Crippen LogP contribution in [0.1, 0.15) is 66.2 Å². The Kier molecular flexibility index (Phi) is 3.16. The van der Waals surface area contributed by atoms with E-state index < -0.39 is 5.60 Å². The topological polar surface area (TPSA) is 29.5 Å². The summed E-state index contributed by atoms with van der Waals surface area (Å²) in [5.41, 5.74) is -0.884. The summed E-state index contributed by atoms with van der Waals surface area (Å²) in [5, 5.41) is 11.6. The highest BCUT2D eigenvalue weighted by Gasteiger charge is 2.64. The molecule has 0 aromatic carbocycles. The van der Waals surface area contributed by atoms with Gasteiger partial charge in [0.25, 0.3) is 0 Å². The van der Waals surface area contributed by atoms with Crippen LogP contribution in [0.15, 0.2) is 24.5 Å². The van der Waals surface area contributed by atoms with E-state index in [9.17, 15) is 5.11 Å². The number of fused-ring (bicyclic) bond motifs is 1. The van der Waals surface area contributed by atoms with E-state index in [0.717, 1.165) is 31.4 Å². The summed E-state index contributed by atoms with van der Waals surface area (Å²) in [5.74, 6) is 1.39. The molecule has 0 unspecified atom stereocenters. The number of hydrogen-bond donors (Lipinski definition) is 1. The first kappa shape index (κ1) is 15.1. The first-order chi connectivity index (χ1) is 9.67. The van der Waals surface area contributed by atoms with Crippen molar-refractivity contribution >= 4 is 0 Å². The molecule has 0 radical (unpaired) electrons. The Bertz CT molecular complexity index is 492. The van der Waals surface area contributed by atoms with Crippen LogP contribution in [0.2, 0.25) is 0 Å². The summed E-state index contributed by atoms with van der Waals surface area (Å²) >= 11 is 0. The van der Waals surface area contributed by atoms with E-state index in [4.69, 9.17) is 4.74 Å². The Balaban J connectivity index is 1.94. The lowest BCUT2D eigenvalue weighted by atomic mass is 9.54. The molecule has 2 nitrogen and oxygen atoms in total. The highest BCUT2D eigenvalue weighted by atomic mass is 16.5. The summed E-state index contributed by atoms with van der Waals surface area (Å²) in [6, 6.07) is 0. The van der Waals surface area contributed by atoms with Gasteiger partial charge >= 0.3 is 0 Å². The predicted molar refractivity (Wildman–Crippen MR) is 85.8 cm³/mol. The molecule has 0 amide bonds. The van der Waals surface area contributed by atoms with E-state index >= 15 is 0 Å². The summed E-state index contributed by atoms with van der Waals surface area (Å²) in [4.78, 5) is 0. The Morgan fingerprint density at radius 1 is 1.24 bits per heavy atom. The Hall–Kier alpha value is -0.760. The van der Waals surface area contributed by atoms with Crippen LogP contribution in [-0.2, 0) is 4.74 Å². The van der Waals surface area contributed by atoms with Crippen LogP contribution < -0.4 is 0 Å². The Labute approximate surface area is 129 Å². The van der Waals surface area contributed by atoms with Crippen molar-refractivity contribution in [3.8, 4) is 0 Å². The highest BCUT2D eigenvalue weighted by Crippen LogP contribution is 2.65. The van der Waals surface area contributed by atoms with E-state index in [1.165, 1.54) is 12.8 Å². The van der Waals surface area contributed by atoms with Crippen LogP contribution in [0.3, 0.4) is 0 Å². The molecule has 0 aromatic rings. The minimum atomic E-state index is -0.796. The SMILES string of the molecule is C=C[C@@]1(C)CC=C([C@@]2(O)CC[C@@H]3C(C)(C)CCC[C@]32C)O1. The van der Waals surface area contributed by atoms with Gasteiger partial charge in [-0.25, -0.2) is 0 Å². The fourth-order valence-electron chi connectivity index (χ4n) is 5.38. The van der Waals surface area contributed by atoms with E-state index in [1.807, 2.05) is 13.0 Å². The second-order valence-electron chi connectivity index (χ2n) is 8.60. The normalized spacial score (nSPS) is 48.4. The van der Waals surface area contributed by atoms with E-state index in [-0.39, 0.29) is 11.0 Å². The number of aliphatic hydroxyl groups is 1. The average molecular weight is 290 g/mol. The fraction of sp³-hybridized carbons (Fsp3) is 0.789. The predicted octanol–water partition coefficient (Wildman–Crippen LogP) is 4.59. The standard InChI is InChI=1S/C19H30O2/c1-6-17(4)12-9-15(21-17)19(20)13-8-14-16(2,3)10-7-11-18(14,19)5/h6,9,14,20H,1,7-8,10-13H2,2-5H3/t14-,17+,18-,19+/m1/s1. The lowest BCUT2D eigenvalue weighted by molar-refractivity contribution is -0.122. The zero-order valence-corrected chi connectivity index (χ0v) is 14.0.